The van der Waals surface area contributed by atoms with Crippen molar-refractivity contribution in [3.05, 3.63) is 29.8 Å². The van der Waals surface area contributed by atoms with Crippen molar-refractivity contribution >= 4 is 12.0 Å². The van der Waals surface area contributed by atoms with Gasteiger partial charge in [0.05, 0.1) is 13.2 Å². The van der Waals surface area contributed by atoms with Gasteiger partial charge in [-0.25, -0.2) is 4.79 Å². The molecule has 0 bridgehead atoms. The Kier molecular flexibility index (Phi) is 5.04. The molecule has 0 aromatic heterocycles. The number of carboxylic acid groups (broad SMARTS) is 1. The molecule has 1 aliphatic carbocycles. The minimum Gasteiger partial charge on any atom is -0.493 e. The van der Waals surface area contributed by atoms with Crippen LogP contribution in [0.15, 0.2) is 24.3 Å². The van der Waals surface area contributed by atoms with Crippen molar-refractivity contribution in [2.24, 2.45) is 0 Å². The van der Waals surface area contributed by atoms with Crippen LogP contribution in [0.3, 0.4) is 0 Å². The van der Waals surface area contributed by atoms with Crippen LogP contribution in [0.2, 0.25) is 0 Å². The molecule has 0 radical (unpaired) electrons. The van der Waals surface area contributed by atoms with Crippen LogP contribution in [0, 0.1) is 0 Å². The number of rotatable bonds is 5. The Morgan fingerprint density at radius 1 is 1.25 bits per heavy atom. The Morgan fingerprint density at radius 2 is 2.00 bits per heavy atom. The minimum atomic E-state index is -0.966. The van der Waals surface area contributed by atoms with E-state index in [2.05, 4.69) is 0 Å². The van der Waals surface area contributed by atoms with E-state index in [9.17, 15) is 4.79 Å². The average molecular weight is 276 g/mol. The Morgan fingerprint density at radius 3 is 2.65 bits per heavy atom. The molecule has 1 fully saturated rings. The predicted molar refractivity (Wildman–Crippen MR) is 77.2 cm³/mol. The largest absolute Gasteiger partial charge is 0.493 e. The van der Waals surface area contributed by atoms with Gasteiger partial charge in [0.25, 0.3) is 0 Å². The predicted octanol–water partition coefficient (Wildman–Crippen LogP) is 3.50. The van der Waals surface area contributed by atoms with Crippen molar-refractivity contribution in [3.63, 3.8) is 0 Å². The van der Waals surface area contributed by atoms with Crippen LogP contribution in [-0.2, 0) is 4.79 Å². The van der Waals surface area contributed by atoms with Crippen LogP contribution in [0.25, 0.3) is 6.08 Å². The number of hydrogen-bond donors (Lipinski definition) is 1. The van der Waals surface area contributed by atoms with Gasteiger partial charge in [0, 0.05) is 6.08 Å². The maximum atomic E-state index is 10.5. The van der Waals surface area contributed by atoms with E-state index in [-0.39, 0.29) is 6.10 Å². The van der Waals surface area contributed by atoms with E-state index in [0.717, 1.165) is 30.2 Å². The average Bonchev–Trinajstić information content (AvgIpc) is 2.47. The van der Waals surface area contributed by atoms with E-state index in [1.807, 2.05) is 12.1 Å². The molecule has 1 N–H and O–H groups in total. The molecule has 1 aliphatic rings. The Labute approximate surface area is 119 Å². The zero-order valence-corrected chi connectivity index (χ0v) is 11.7. The summed E-state index contributed by atoms with van der Waals surface area (Å²) in [7, 11) is 1.59. The van der Waals surface area contributed by atoms with Gasteiger partial charge in [-0.05, 0) is 49.5 Å². The fourth-order valence-electron chi connectivity index (χ4n) is 2.42. The molecular weight excluding hydrogens is 256 g/mol. The third-order valence-electron chi connectivity index (χ3n) is 3.45. The number of ether oxygens (including phenoxy) is 2. The molecule has 108 valence electrons. The minimum absolute atomic E-state index is 0.262. The molecule has 0 atom stereocenters. The SMILES string of the molecule is COc1cc(/C=C/C(=O)O)ccc1OC1CCCCC1. The summed E-state index contributed by atoms with van der Waals surface area (Å²) in [4.78, 5) is 10.5. The fourth-order valence-corrected chi connectivity index (χ4v) is 2.42. The lowest BCUT2D eigenvalue weighted by Gasteiger charge is -2.24. The lowest BCUT2D eigenvalue weighted by atomic mass is 9.98. The van der Waals surface area contributed by atoms with Crippen LogP contribution in [0.5, 0.6) is 11.5 Å². The Hall–Kier alpha value is -1.97. The highest BCUT2D eigenvalue weighted by molar-refractivity contribution is 5.85. The van der Waals surface area contributed by atoms with Crippen LogP contribution >= 0.6 is 0 Å². The van der Waals surface area contributed by atoms with Crippen molar-refractivity contribution in [1.82, 2.24) is 0 Å². The molecule has 2 rings (SSSR count). The van der Waals surface area contributed by atoms with E-state index < -0.39 is 5.97 Å². The van der Waals surface area contributed by atoms with Gasteiger partial charge in [-0.2, -0.15) is 0 Å². The molecule has 0 amide bonds. The van der Waals surface area contributed by atoms with Crippen molar-refractivity contribution in [3.8, 4) is 11.5 Å². The normalized spacial score (nSPS) is 16.2. The number of benzene rings is 1. The van der Waals surface area contributed by atoms with E-state index >= 15 is 0 Å². The summed E-state index contributed by atoms with van der Waals surface area (Å²) in [6.07, 6.45) is 8.80. The van der Waals surface area contributed by atoms with E-state index in [0.29, 0.717) is 5.75 Å². The number of methoxy groups -OCH3 is 1. The van der Waals surface area contributed by atoms with Gasteiger partial charge in [-0.1, -0.05) is 12.5 Å². The number of aliphatic carboxylic acids is 1. The summed E-state index contributed by atoms with van der Waals surface area (Å²) in [5.74, 6) is 0.404. The second kappa shape index (κ2) is 6.98. The molecule has 1 saturated carbocycles. The number of carboxylic acids is 1. The molecule has 20 heavy (non-hydrogen) atoms. The lowest BCUT2D eigenvalue weighted by Crippen LogP contribution is -2.19. The van der Waals surface area contributed by atoms with Gasteiger partial charge >= 0.3 is 5.97 Å². The monoisotopic (exact) mass is 276 g/mol. The Balaban J connectivity index is 2.10. The van der Waals surface area contributed by atoms with E-state index in [1.165, 1.54) is 25.3 Å². The number of hydrogen-bond acceptors (Lipinski definition) is 3. The summed E-state index contributed by atoms with van der Waals surface area (Å²) >= 11 is 0. The van der Waals surface area contributed by atoms with Crippen molar-refractivity contribution < 1.29 is 19.4 Å². The first-order chi connectivity index (χ1) is 9.69. The summed E-state index contributed by atoms with van der Waals surface area (Å²) in [5, 5.41) is 8.63. The molecular formula is C16H20O4. The zero-order chi connectivity index (χ0) is 14.4. The first kappa shape index (κ1) is 14.4. The highest BCUT2D eigenvalue weighted by atomic mass is 16.5. The van der Waals surface area contributed by atoms with Crippen molar-refractivity contribution in [1.29, 1.82) is 0 Å². The molecule has 1 aromatic rings. The van der Waals surface area contributed by atoms with Crippen LogP contribution in [0.4, 0.5) is 0 Å². The molecule has 0 unspecified atom stereocenters. The summed E-state index contributed by atoms with van der Waals surface area (Å²) in [6, 6.07) is 5.46. The Bertz CT molecular complexity index is 487. The first-order valence-corrected chi connectivity index (χ1v) is 6.95. The van der Waals surface area contributed by atoms with Crippen LogP contribution in [-0.4, -0.2) is 24.3 Å². The third kappa shape index (κ3) is 4.02. The lowest BCUT2D eigenvalue weighted by molar-refractivity contribution is -0.131. The molecule has 4 heteroatoms. The second-order valence-corrected chi connectivity index (χ2v) is 4.96. The molecule has 0 heterocycles. The summed E-state index contributed by atoms with van der Waals surface area (Å²) in [5.41, 5.74) is 0.778. The molecule has 0 spiro atoms. The maximum Gasteiger partial charge on any atom is 0.328 e. The second-order valence-electron chi connectivity index (χ2n) is 4.96. The van der Waals surface area contributed by atoms with Gasteiger partial charge in [0.2, 0.25) is 0 Å². The fraction of sp³-hybridized carbons (Fsp3) is 0.438. The van der Waals surface area contributed by atoms with Crippen molar-refractivity contribution in [2.45, 2.75) is 38.2 Å². The van der Waals surface area contributed by atoms with Gasteiger partial charge in [0.15, 0.2) is 11.5 Å². The molecule has 0 aliphatic heterocycles. The van der Waals surface area contributed by atoms with E-state index in [1.54, 1.807) is 13.2 Å². The van der Waals surface area contributed by atoms with Gasteiger partial charge in [-0.15, -0.1) is 0 Å². The smallest absolute Gasteiger partial charge is 0.328 e. The highest BCUT2D eigenvalue weighted by Gasteiger charge is 2.16. The maximum absolute atomic E-state index is 10.5. The standard InChI is InChI=1S/C16H20O4/c1-19-15-11-12(8-10-16(17)18)7-9-14(15)20-13-5-3-2-4-6-13/h7-11,13H,2-6H2,1H3,(H,17,18)/b10-8+. The molecule has 4 nitrogen and oxygen atoms in total. The zero-order valence-electron chi connectivity index (χ0n) is 11.7. The quantitative estimate of drug-likeness (QED) is 0.836. The van der Waals surface area contributed by atoms with Crippen molar-refractivity contribution in [2.75, 3.05) is 7.11 Å². The molecule has 0 saturated heterocycles. The van der Waals surface area contributed by atoms with Crippen LogP contribution < -0.4 is 9.47 Å². The molecule has 1 aromatic carbocycles. The number of carbonyl (C=O) groups is 1. The van der Waals surface area contributed by atoms with E-state index in [4.69, 9.17) is 14.6 Å². The van der Waals surface area contributed by atoms with Gasteiger partial charge < -0.3 is 14.6 Å². The summed E-state index contributed by atoms with van der Waals surface area (Å²) in [6.45, 7) is 0. The first-order valence-electron chi connectivity index (χ1n) is 6.95. The highest BCUT2D eigenvalue weighted by Crippen LogP contribution is 2.32. The topological polar surface area (TPSA) is 55.8 Å². The summed E-state index contributed by atoms with van der Waals surface area (Å²) < 4.78 is 11.3. The van der Waals surface area contributed by atoms with Gasteiger partial charge in [-0.3, -0.25) is 0 Å². The van der Waals surface area contributed by atoms with Gasteiger partial charge in [0.1, 0.15) is 0 Å². The third-order valence-corrected chi connectivity index (χ3v) is 3.45. The van der Waals surface area contributed by atoms with Crippen LogP contribution in [0.1, 0.15) is 37.7 Å².